The molecule has 0 aliphatic rings. The molecule has 4 heteroatoms. The Labute approximate surface area is 111 Å². The first-order valence-electron chi connectivity index (χ1n) is 5.84. The quantitative estimate of drug-likeness (QED) is 0.674. The second-order valence-corrected chi connectivity index (χ2v) is 4.03. The molecule has 1 aromatic heterocycles. The summed E-state index contributed by atoms with van der Waals surface area (Å²) >= 11 is 0. The highest BCUT2D eigenvalue weighted by molar-refractivity contribution is 5.91. The number of amides is 1. The third-order valence-electron chi connectivity index (χ3n) is 2.65. The van der Waals surface area contributed by atoms with E-state index >= 15 is 0 Å². The Bertz CT molecular complexity index is 582. The maximum atomic E-state index is 12.0. The molecule has 1 N–H and O–H groups in total. The maximum absolute atomic E-state index is 12.0. The summed E-state index contributed by atoms with van der Waals surface area (Å²) in [5, 5.41) is 10.5. The molecule has 0 aliphatic carbocycles. The van der Waals surface area contributed by atoms with Gasteiger partial charge in [-0.3, -0.25) is 15.0 Å². The van der Waals surface area contributed by atoms with Gasteiger partial charge in [0.1, 0.15) is 5.69 Å². The van der Waals surface area contributed by atoms with Crippen LogP contribution in [0.4, 0.5) is 0 Å². The number of carbonyl (C=O) groups excluding carboxylic acids is 1. The van der Waals surface area contributed by atoms with E-state index in [2.05, 4.69) is 11.6 Å². The van der Waals surface area contributed by atoms with Gasteiger partial charge in [0.25, 0.3) is 5.91 Å². The van der Waals surface area contributed by atoms with Gasteiger partial charge in [-0.2, -0.15) is 0 Å². The lowest BCUT2D eigenvalue weighted by Crippen LogP contribution is -2.27. The van der Waals surface area contributed by atoms with E-state index in [0.717, 1.165) is 11.1 Å². The van der Waals surface area contributed by atoms with Gasteiger partial charge in [-0.05, 0) is 23.3 Å². The van der Waals surface area contributed by atoms with Gasteiger partial charge in [-0.15, -0.1) is 0 Å². The van der Waals surface area contributed by atoms with Crippen LogP contribution >= 0.6 is 0 Å². The number of rotatable bonds is 4. The molecule has 0 unspecified atom stereocenters. The number of aromatic nitrogens is 1. The number of pyridine rings is 1. The van der Waals surface area contributed by atoms with Crippen LogP contribution in [0.2, 0.25) is 0 Å². The lowest BCUT2D eigenvalue weighted by Gasteiger charge is -2.14. The predicted molar refractivity (Wildman–Crippen MR) is 72.4 cm³/mol. The smallest absolute Gasteiger partial charge is 0.285 e. The minimum atomic E-state index is -0.535. The lowest BCUT2D eigenvalue weighted by molar-refractivity contribution is -0.0652. The van der Waals surface area contributed by atoms with Gasteiger partial charge in [0.2, 0.25) is 0 Å². The summed E-state index contributed by atoms with van der Waals surface area (Å²) in [6, 6.07) is 12.6. The Morgan fingerprint density at radius 2 is 2.05 bits per heavy atom. The maximum Gasteiger partial charge on any atom is 0.296 e. The molecule has 0 spiro atoms. The summed E-state index contributed by atoms with van der Waals surface area (Å²) in [4.78, 5) is 15.9. The van der Waals surface area contributed by atoms with Crippen molar-refractivity contribution < 1.29 is 10.0 Å². The Balaban J connectivity index is 2.12. The molecule has 0 saturated heterocycles. The van der Waals surface area contributed by atoms with Crippen molar-refractivity contribution in [1.29, 1.82) is 0 Å². The van der Waals surface area contributed by atoms with Crippen molar-refractivity contribution in [2.24, 2.45) is 0 Å². The lowest BCUT2D eigenvalue weighted by atomic mass is 10.2. The summed E-state index contributed by atoms with van der Waals surface area (Å²) < 4.78 is 0. The summed E-state index contributed by atoms with van der Waals surface area (Å²) in [5.74, 6) is -0.535. The molecule has 96 valence electrons. The van der Waals surface area contributed by atoms with E-state index in [1.54, 1.807) is 18.2 Å². The highest BCUT2D eigenvalue weighted by Crippen LogP contribution is 2.08. The normalized spacial score (nSPS) is 9.95. The van der Waals surface area contributed by atoms with E-state index in [0.29, 0.717) is 5.06 Å². The zero-order valence-corrected chi connectivity index (χ0v) is 10.4. The second-order valence-electron chi connectivity index (χ2n) is 4.03. The van der Waals surface area contributed by atoms with E-state index in [1.807, 2.05) is 30.3 Å². The zero-order chi connectivity index (χ0) is 13.7. The Morgan fingerprint density at radius 3 is 2.74 bits per heavy atom. The number of hydroxylamine groups is 2. The highest BCUT2D eigenvalue weighted by atomic mass is 16.5. The van der Waals surface area contributed by atoms with E-state index in [1.165, 1.54) is 6.20 Å². The molecule has 4 nitrogen and oxygen atoms in total. The number of benzene rings is 1. The molecule has 0 radical (unpaired) electrons. The van der Waals surface area contributed by atoms with Crippen molar-refractivity contribution in [3.8, 4) is 0 Å². The summed E-state index contributed by atoms with van der Waals surface area (Å²) in [7, 11) is 0. The minimum absolute atomic E-state index is 0.125. The molecule has 0 saturated carbocycles. The number of carbonyl (C=O) groups is 1. The molecular weight excluding hydrogens is 240 g/mol. The summed E-state index contributed by atoms with van der Waals surface area (Å²) in [6.07, 6.45) is 3.14. The van der Waals surface area contributed by atoms with Crippen LogP contribution in [-0.2, 0) is 6.54 Å². The molecule has 0 aliphatic heterocycles. The number of hydrogen-bond acceptors (Lipinski definition) is 3. The summed E-state index contributed by atoms with van der Waals surface area (Å²) in [5.41, 5.74) is 1.82. The van der Waals surface area contributed by atoms with E-state index in [4.69, 9.17) is 0 Å². The monoisotopic (exact) mass is 254 g/mol. The topological polar surface area (TPSA) is 53.4 Å². The van der Waals surface area contributed by atoms with Crippen LogP contribution in [-0.4, -0.2) is 21.2 Å². The van der Waals surface area contributed by atoms with Crippen molar-refractivity contribution in [2.75, 3.05) is 0 Å². The van der Waals surface area contributed by atoms with E-state index < -0.39 is 5.91 Å². The third kappa shape index (κ3) is 3.26. The average molecular weight is 254 g/mol. The first-order valence-corrected chi connectivity index (χ1v) is 5.84. The molecule has 1 aromatic carbocycles. The van der Waals surface area contributed by atoms with Crippen LogP contribution in [0.1, 0.15) is 21.6 Å². The number of nitrogens with zero attached hydrogens (tertiary/aromatic N) is 2. The molecule has 19 heavy (non-hydrogen) atoms. The predicted octanol–water partition coefficient (Wildman–Crippen LogP) is 2.76. The van der Waals surface area contributed by atoms with Gasteiger partial charge in [0.05, 0.1) is 6.54 Å². The van der Waals surface area contributed by atoms with Crippen molar-refractivity contribution in [3.63, 3.8) is 0 Å². The van der Waals surface area contributed by atoms with Gasteiger partial charge in [-0.1, -0.05) is 43.0 Å². The fraction of sp³-hybridized carbons (Fsp3) is 0.0667. The molecule has 1 heterocycles. The van der Waals surface area contributed by atoms with Gasteiger partial charge in [0, 0.05) is 6.20 Å². The van der Waals surface area contributed by atoms with Gasteiger partial charge in [0.15, 0.2) is 0 Å². The number of hydrogen-bond donors (Lipinski definition) is 1. The van der Waals surface area contributed by atoms with Gasteiger partial charge >= 0.3 is 0 Å². The molecular formula is C15H14N2O2. The fourth-order valence-corrected chi connectivity index (χ4v) is 1.65. The van der Waals surface area contributed by atoms with Crippen molar-refractivity contribution in [3.05, 3.63) is 72.1 Å². The van der Waals surface area contributed by atoms with Crippen LogP contribution in [0.25, 0.3) is 6.08 Å². The van der Waals surface area contributed by atoms with Crippen molar-refractivity contribution >= 4 is 12.0 Å². The molecule has 2 aromatic rings. The highest BCUT2D eigenvalue weighted by Gasteiger charge is 2.15. The summed E-state index contributed by atoms with van der Waals surface area (Å²) in [6.45, 7) is 3.75. The molecule has 2 rings (SSSR count). The van der Waals surface area contributed by atoms with Crippen LogP contribution in [0.3, 0.4) is 0 Å². The fourth-order valence-electron chi connectivity index (χ4n) is 1.65. The standard InChI is InChI=1S/C15H14N2O2/c1-2-12-8-9-16-14(10-12)15(18)17(19)11-13-6-4-3-5-7-13/h2-10,19H,1,11H2. The van der Waals surface area contributed by atoms with Crippen LogP contribution in [0.15, 0.2) is 55.2 Å². The zero-order valence-electron chi connectivity index (χ0n) is 10.4. The Morgan fingerprint density at radius 1 is 1.32 bits per heavy atom. The molecule has 1 amide bonds. The third-order valence-corrected chi connectivity index (χ3v) is 2.65. The SMILES string of the molecule is C=Cc1ccnc(C(=O)N(O)Cc2ccccc2)c1. The van der Waals surface area contributed by atoms with Gasteiger partial charge < -0.3 is 0 Å². The Hall–Kier alpha value is -2.46. The first kappa shape index (κ1) is 13.0. The first-order chi connectivity index (χ1) is 9.20. The molecule has 0 fully saturated rings. The van der Waals surface area contributed by atoms with Crippen LogP contribution < -0.4 is 0 Å². The second kappa shape index (κ2) is 5.93. The minimum Gasteiger partial charge on any atom is -0.285 e. The van der Waals surface area contributed by atoms with E-state index in [9.17, 15) is 10.0 Å². The van der Waals surface area contributed by atoms with Crippen LogP contribution in [0, 0.1) is 0 Å². The van der Waals surface area contributed by atoms with Crippen molar-refractivity contribution in [1.82, 2.24) is 10.0 Å². The average Bonchev–Trinajstić information content (AvgIpc) is 2.47. The Kier molecular flexibility index (Phi) is 4.05. The van der Waals surface area contributed by atoms with Crippen LogP contribution in [0.5, 0.6) is 0 Å². The van der Waals surface area contributed by atoms with E-state index in [-0.39, 0.29) is 12.2 Å². The molecule has 0 atom stereocenters. The largest absolute Gasteiger partial charge is 0.296 e. The van der Waals surface area contributed by atoms with Gasteiger partial charge in [-0.25, -0.2) is 5.06 Å². The molecule has 0 bridgehead atoms. The van der Waals surface area contributed by atoms with Crippen molar-refractivity contribution in [2.45, 2.75) is 6.54 Å².